The Kier molecular flexibility index (Phi) is 5.08. The van der Waals surface area contributed by atoms with Gasteiger partial charge in [-0.2, -0.15) is 0 Å². The Balaban J connectivity index is 0.00000121. The summed E-state index contributed by atoms with van der Waals surface area (Å²) in [6.45, 7) is 2.04. The summed E-state index contributed by atoms with van der Waals surface area (Å²) in [4.78, 5) is 0. The van der Waals surface area contributed by atoms with Gasteiger partial charge in [0.05, 0.1) is 5.75 Å². The highest BCUT2D eigenvalue weighted by atomic mass is 35.5. The fourth-order valence-electron chi connectivity index (χ4n) is 1.18. The Labute approximate surface area is 79.8 Å². The summed E-state index contributed by atoms with van der Waals surface area (Å²) in [7, 11) is -1.04. The molecule has 0 aromatic carbocycles. The van der Waals surface area contributed by atoms with E-state index in [0.29, 0.717) is 18.8 Å². The Hall–Kier alpha value is 0.160. The lowest BCUT2D eigenvalue weighted by molar-refractivity contribution is 0.441. The van der Waals surface area contributed by atoms with Crippen LogP contribution < -0.4 is 5.32 Å². The molecule has 1 aliphatic heterocycles. The van der Waals surface area contributed by atoms with E-state index in [1.54, 1.807) is 4.31 Å². The van der Waals surface area contributed by atoms with Crippen LogP contribution in [0.1, 0.15) is 6.42 Å². The van der Waals surface area contributed by atoms with Crippen molar-refractivity contribution < 1.29 is 8.42 Å². The van der Waals surface area contributed by atoms with Crippen LogP contribution in [0.25, 0.3) is 0 Å². The van der Waals surface area contributed by atoms with Crippen LogP contribution in [0.2, 0.25) is 0 Å². The molecule has 74 valence electrons. The molecule has 0 saturated carbocycles. The minimum atomic E-state index is -2.87. The fourth-order valence-corrected chi connectivity index (χ4v) is 2.71. The molecule has 4 nitrogen and oxygen atoms in total. The smallest absolute Gasteiger partial charge is 0.214 e. The average molecular weight is 215 g/mol. The molecule has 1 N–H and O–H groups in total. The summed E-state index contributed by atoms with van der Waals surface area (Å²) in [6.07, 6.45) is 0.784. The zero-order chi connectivity index (χ0) is 8.32. The lowest BCUT2D eigenvalue weighted by Crippen LogP contribution is -2.32. The summed E-state index contributed by atoms with van der Waals surface area (Å²) in [5.41, 5.74) is 0. The quantitative estimate of drug-likeness (QED) is 0.700. The molecule has 0 aromatic rings. The molecule has 1 saturated heterocycles. The van der Waals surface area contributed by atoms with Gasteiger partial charge in [-0.1, -0.05) is 0 Å². The van der Waals surface area contributed by atoms with Crippen LogP contribution in [0.3, 0.4) is 0 Å². The van der Waals surface area contributed by atoms with Crippen molar-refractivity contribution in [2.75, 3.05) is 32.4 Å². The van der Waals surface area contributed by atoms with Crippen molar-refractivity contribution in [3.8, 4) is 0 Å². The largest absolute Gasteiger partial charge is 0.318 e. The molecule has 0 bridgehead atoms. The van der Waals surface area contributed by atoms with Crippen molar-refractivity contribution in [3.05, 3.63) is 0 Å². The van der Waals surface area contributed by atoms with E-state index < -0.39 is 10.0 Å². The van der Waals surface area contributed by atoms with Crippen LogP contribution in [0.4, 0.5) is 0 Å². The number of halogens is 1. The van der Waals surface area contributed by atoms with E-state index in [1.807, 2.05) is 7.05 Å². The van der Waals surface area contributed by atoms with Crippen molar-refractivity contribution in [2.24, 2.45) is 0 Å². The molecule has 6 heteroatoms. The molecule has 0 radical (unpaired) electrons. The van der Waals surface area contributed by atoms with E-state index in [-0.39, 0.29) is 12.4 Å². The third kappa shape index (κ3) is 2.90. The first-order valence-corrected chi connectivity index (χ1v) is 5.40. The minimum Gasteiger partial charge on any atom is -0.318 e. The van der Waals surface area contributed by atoms with Crippen LogP contribution in [-0.4, -0.2) is 45.2 Å². The first-order chi connectivity index (χ1) is 5.17. The molecule has 0 atom stereocenters. The summed E-state index contributed by atoms with van der Waals surface area (Å²) in [6, 6.07) is 0. The second kappa shape index (κ2) is 5.01. The van der Waals surface area contributed by atoms with Crippen LogP contribution in [0.15, 0.2) is 0 Å². The highest BCUT2D eigenvalue weighted by molar-refractivity contribution is 7.89. The van der Waals surface area contributed by atoms with Crippen LogP contribution in [0, 0.1) is 0 Å². The van der Waals surface area contributed by atoms with Crippen molar-refractivity contribution in [2.45, 2.75) is 6.42 Å². The molecule has 0 aliphatic carbocycles. The number of hydrogen-bond donors (Lipinski definition) is 1. The predicted octanol–water partition coefficient (Wildman–Crippen LogP) is -0.337. The molecular weight excluding hydrogens is 200 g/mol. The third-order valence-corrected chi connectivity index (χ3v) is 3.77. The van der Waals surface area contributed by atoms with E-state index in [4.69, 9.17) is 0 Å². The maximum atomic E-state index is 11.2. The maximum absolute atomic E-state index is 11.2. The highest BCUT2D eigenvalue weighted by Crippen LogP contribution is 2.11. The van der Waals surface area contributed by atoms with E-state index in [1.165, 1.54) is 0 Å². The monoisotopic (exact) mass is 214 g/mol. The van der Waals surface area contributed by atoms with E-state index >= 15 is 0 Å². The lowest BCUT2D eigenvalue weighted by atomic mass is 10.5. The van der Waals surface area contributed by atoms with Crippen molar-refractivity contribution in [1.82, 2.24) is 9.62 Å². The number of sulfonamides is 1. The highest BCUT2D eigenvalue weighted by Gasteiger charge is 2.26. The molecular formula is C6H15ClN2O2S. The van der Waals surface area contributed by atoms with Gasteiger partial charge in [0.25, 0.3) is 0 Å². The Morgan fingerprint density at radius 1 is 1.50 bits per heavy atom. The van der Waals surface area contributed by atoms with Gasteiger partial charge >= 0.3 is 0 Å². The summed E-state index contributed by atoms with van der Waals surface area (Å²) in [5.74, 6) is 0.330. The van der Waals surface area contributed by atoms with Crippen molar-refractivity contribution in [1.29, 1.82) is 0 Å². The van der Waals surface area contributed by atoms with Crippen LogP contribution in [-0.2, 0) is 10.0 Å². The first-order valence-electron chi connectivity index (χ1n) is 3.79. The number of rotatable bonds is 3. The van der Waals surface area contributed by atoms with Gasteiger partial charge in [0.15, 0.2) is 0 Å². The Bertz CT molecular complexity index is 218. The van der Waals surface area contributed by atoms with E-state index in [2.05, 4.69) is 5.32 Å². The van der Waals surface area contributed by atoms with Gasteiger partial charge in [0, 0.05) is 19.6 Å². The molecule has 0 unspecified atom stereocenters. The maximum Gasteiger partial charge on any atom is 0.214 e. The molecule has 1 heterocycles. The Morgan fingerprint density at radius 3 is 2.58 bits per heavy atom. The van der Waals surface area contributed by atoms with E-state index in [0.717, 1.165) is 13.0 Å². The van der Waals surface area contributed by atoms with Gasteiger partial charge in [-0.05, 0) is 13.5 Å². The lowest BCUT2D eigenvalue weighted by Gasteiger charge is -2.12. The van der Waals surface area contributed by atoms with Gasteiger partial charge in [-0.3, -0.25) is 0 Å². The minimum absolute atomic E-state index is 0. The second-order valence-corrected chi connectivity index (χ2v) is 4.76. The fraction of sp³-hybridized carbons (Fsp3) is 1.00. The number of hydrogen-bond acceptors (Lipinski definition) is 3. The third-order valence-electron chi connectivity index (χ3n) is 1.81. The Morgan fingerprint density at radius 2 is 2.17 bits per heavy atom. The van der Waals surface area contributed by atoms with Crippen molar-refractivity contribution in [3.63, 3.8) is 0 Å². The number of likely N-dealkylation sites (N-methyl/N-ethyl adjacent to an activating group) is 1. The van der Waals surface area contributed by atoms with Crippen molar-refractivity contribution >= 4 is 22.4 Å². The molecule has 0 spiro atoms. The zero-order valence-electron chi connectivity index (χ0n) is 7.12. The number of nitrogens with one attached hydrogen (secondary N) is 1. The zero-order valence-corrected chi connectivity index (χ0v) is 8.75. The molecule has 0 aromatic heterocycles. The topological polar surface area (TPSA) is 49.4 Å². The van der Waals surface area contributed by atoms with Gasteiger partial charge < -0.3 is 5.32 Å². The molecule has 1 aliphatic rings. The molecule has 1 rings (SSSR count). The SMILES string of the molecule is CNCCN1CCCS1(=O)=O.Cl. The van der Waals surface area contributed by atoms with Gasteiger partial charge in [0.2, 0.25) is 10.0 Å². The summed E-state index contributed by atoms with van der Waals surface area (Å²) < 4.78 is 23.9. The molecule has 12 heavy (non-hydrogen) atoms. The number of nitrogens with zero attached hydrogens (tertiary/aromatic N) is 1. The summed E-state index contributed by atoms with van der Waals surface area (Å²) in [5, 5.41) is 2.93. The average Bonchev–Trinajstić information content (AvgIpc) is 2.25. The van der Waals surface area contributed by atoms with Crippen LogP contribution in [0.5, 0.6) is 0 Å². The van der Waals surface area contributed by atoms with E-state index in [9.17, 15) is 8.42 Å². The van der Waals surface area contributed by atoms with Gasteiger partial charge in [0.1, 0.15) is 0 Å². The standard InChI is InChI=1S/C6H14N2O2S.ClH/c1-7-3-5-8-4-2-6-11(8,9)10;/h7H,2-6H2,1H3;1H. The summed E-state index contributed by atoms with van der Waals surface area (Å²) >= 11 is 0. The van der Waals surface area contributed by atoms with Gasteiger partial charge in [-0.15, -0.1) is 12.4 Å². The molecule has 1 fully saturated rings. The molecule has 0 amide bonds. The predicted molar refractivity (Wildman–Crippen MR) is 51.2 cm³/mol. The van der Waals surface area contributed by atoms with Gasteiger partial charge in [-0.25, -0.2) is 12.7 Å². The first kappa shape index (κ1) is 12.2. The van der Waals surface area contributed by atoms with Crippen LogP contribution >= 0.6 is 12.4 Å². The normalized spacial score (nSPS) is 22.1. The second-order valence-electron chi connectivity index (χ2n) is 2.67.